The molecule has 1 aliphatic rings. The molecule has 5 aromatic carbocycles. The fourth-order valence-electron chi connectivity index (χ4n) is 5.72. The molecular formula is C37H23N5. The van der Waals surface area contributed by atoms with Gasteiger partial charge in [0, 0.05) is 33.3 Å². The van der Waals surface area contributed by atoms with Gasteiger partial charge < -0.3 is 4.57 Å². The van der Waals surface area contributed by atoms with E-state index < -0.39 is 0 Å². The number of rotatable bonds is 3. The van der Waals surface area contributed by atoms with Gasteiger partial charge in [0.2, 0.25) is 0 Å². The van der Waals surface area contributed by atoms with Crippen LogP contribution in [-0.4, -0.2) is 10.4 Å². The number of hydrogen-bond donors (Lipinski definition) is 0. The van der Waals surface area contributed by atoms with Crippen LogP contribution >= 0.6 is 0 Å². The minimum Gasteiger partial charge on any atom is -0.305 e. The second-order valence-corrected chi connectivity index (χ2v) is 9.85. The molecule has 1 aliphatic heterocycles. The molecule has 0 radical (unpaired) electrons. The zero-order chi connectivity index (χ0) is 28.5. The van der Waals surface area contributed by atoms with Crippen LogP contribution in [0, 0.1) is 22.7 Å². The van der Waals surface area contributed by atoms with Crippen molar-refractivity contribution in [3.63, 3.8) is 0 Å². The quantitative estimate of drug-likeness (QED) is 0.256. The minimum absolute atomic E-state index is 0.0534. The number of para-hydroxylation sites is 3. The average molecular weight is 538 g/mol. The average Bonchev–Trinajstić information content (AvgIpc) is 3.56. The van der Waals surface area contributed by atoms with Crippen molar-refractivity contribution in [1.29, 1.82) is 10.5 Å². The first-order valence-corrected chi connectivity index (χ1v) is 13.6. The lowest BCUT2D eigenvalue weighted by Crippen LogP contribution is -2.34. The van der Waals surface area contributed by atoms with Crippen LogP contribution in [0.3, 0.4) is 0 Å². The lowest BCUT2D eigenvalue weighted by atomic mass is 10.1. The number of aromatic nitrogens is 1. The SMILES string of the molecule is N#CC(C#N)=c1c2ccccc2/c(=C2/c3ccccc3C(=Nc3ccccc3)N2c2ccccc2)n1-c1ccccc1. The van der Waals surface area contributed by atoms with E-state index in [1.807, 2.05) is 109 Å². The summed E-state index contributed by atoms with van der Waals surface area (Å²) in [6.07, 6.45) is 0. The van der Waals surface area contributed by atoms with Gasteiger partial charge in [0.05, 0.1) is 22.1 Å². The third-order valence-electron chi connectivity index (χ3n) is 7.45. The lowest BCUT2D eigenvalue weighted by Gasteiger charge is -2.22. The molecule has 0 N–H and O–H groups in total. The van der Waals surface area contributed by atoms with E-state index in [1.54, 1.807) is 0 Å². The molecule has 1 aromatic heterocycles. The van der Waals surface area contributed by atoms with E-state index in [1.165, 1.54) is 0 Å². The monoisotopic (exact) mass is 537 g/mol. The molecule has 7 rings (SSSR count). The topological polar surface area (TPSA) is 68.1 Å². The van der Waals surface area contributed by atoms with Crippen molar-refractivity contribution in [2.45, 2.75) is 0 Å². The van der Waals surface area contributed by atoms with Crippen molar-refractivity contribution in [2.24, 2.45) is 4.99 Å². The van der Waals surface area contributed by atoms with Gasteiger partial charge in [0.25, 0.3) is 0 Å². The van der Waals surface area contributed by atoms with Crippen molar-refractivity contribution >= 4 is 39.3 Å². The number of nitrogens with zero attached hydrogens (tertiary/aromatic N) is 5. The molecule has 0 fully saturated rings. The van der Waals surface area contributed by atoms with Gasteiger partial charge in [-0.1, -0.05) is 103 Å². The first kappa shape index (κ1) is 24.8. The number of hydrogen-bond acceptors (Lipinski definition) is 3. The highest BCUT2D eigenvalue weighted by Crippen LogP contribution is 2.37. The minimum atomic E-state index is 0.0534. The molecule has 196 valence electrons. The highest BCUT2D eigenvalue weighted by atomic mass is 15.2. The summed E-state index contributed by atoms with van der Waals surface area (Å²) in [4.78, 5) is 7.39. The molecule has 0 bridgehead atoms. The molecule has 5 nitrogen and oxygen atoms in total. The van der Waals surface area contributed by atoms with Crippen LogP contribution in [0.15, 0.2) is 145 Å². The molecule has 0 atom stereocenters. The Bertz CT molecular complexity index is 2180. The predicted octanol–water partition coefficient (Wildman–Crippen LogP) is 6.58. The second kappa shape index (κ2) is 10.4. The molecule has 0 aliphatic carbocycles. The largest absolute Gasteiger partial charge is 0.305 e. The van der Waals surface area contributed by atoms with Gasteiger partial charge in [-0.2, -0.15) is 10.5 Å². The zero-order valence-corrected chi connectivity index (χ0v) is 22.5. The van der Waals surface area contributed by atoms with E-state index in [2.05, 4.69) is 51.9 Å². The van der Waals surface area contributed by atoms with Crippen LogP contribution < -0.4 is 15.6 Å². The van der Waals surface area contributed by atoms with Crippen molar-refractivity contribution in [3.05, 3.63) is 161 Å². The molecule has 0 saturated carbocycles. The highest BCUT2D eigenvalue weighted by molar-refractivity contribution is 6.25. The number of amidine groups is 1. The van der Waals surface area contributed by atoms with Gasteiger partial charge in [-0.25, -0.2) is 4.99 Å². The maximum atomic E-state index is 10.1. The number of benzene rings is 5. The number of fused-ring (bicyclic) bond motifs is 2. The summed E-state index contributed by atoms with van der Waals surface area (Å²) in [5, 5.41) is 23.5. The summed E-state index contributed by atoms with van der Waals surface area (Å²) in [6, 6.07) is 50.7. The molecule has 6 aromatic rings. The second-order valence-electron chi connectivity index (χ2n) is 9.85. The normalized spacial score (nSPS) is 14.4. The maximum absolute atomic E-state index is 10.1. The maximum Gasteiger partial charge on any atom is 0.154 e. The van der Waals surface area contributed by atoms with Crippen LogP contribution in [0.1, 0.15) is 11.1 Å². The highest BCUT2D eigenvalue weighted by Gasteiger charge is 2.34. The van der Waals surface area contributed by atoms with Crippen LogP contribution in [0.2, 0.25) is 0 Å². The molecular weight excluding hydrogens is 514 g/mol. The molecule has 0 amide bonds. The Labute approximate surface area is 243 Å². The number of anilines is 1. The third-order valence-corrected chi connectivity index (χ3v) is 7.45. The first-order chi connectivity index (χ1) is 20.8. The van der Waals surface area contributed by atoms with Crippen molar-refractivity contribution in [3.8, 4) is 17.8 Å². The van der Waals surface area contributed by atoms with Gasteiger partial charge in [0.15, 0.2) is 5.57 Å². The Kier molecular flexibility index (Phi) is 6.17. The lowest BCUT2D eigenvalue weighted by molar-refractivity contribution is 0.992. The Morgan fingerprint density at radius 2 is 1.07 bits per heavy atom. The van der Waals surface area contributed by atoms with Crippen LogP contribution in [-0.2, 0) is 0 Å². The summed E-state index contributed by atoms with van der Waals surface area (Å²) in [5.74, 6) is 0.800. The van der Waals surface area contributed by atoms with Gasteiger partial charge >= 0.3 is 0 Å². The van der Waals surface area contributed by atoms with Gasteiger partial charge in [-0.15, -0.1) is 0 Å². The molecule has 5 heteroatoms. The van der Waals surface area contributed by atoms with Crippen molar-refractivity contribution in [1.82, 2.24) is 4.57 Å². The van der Waals surface area contributed by atoms with Crippen molar-refractivity contribution in [2.75, 3.05) is 4.90 Å². The van der Waals surface area contributed by atoms with Crippen molar-refractivity contribution < 1.29 is 0 Å². The van der Waals surface area contributed by atoms with E-state index in [9.17, 15) is 10.5 Å². The van der Waals surface area contributed by atoms with Crippen LogP contribution in [0.5, 0.6) is 0 Å². The molecule has 0 saturated heterocycles. The Morgan fingerprint density at radius 1 is 0.548 bits per heavy atom. The molecule has 0 unspecified atom stereocenters. The smallest absolute Gasteiger partial charge is 0.154 e. The van der Waals surface area contributed by atoms with E-state index in [-0.39, 0.29) is 5.57 Å². The van der Waals surface area contributed by atoms with E-state index in [0.29, 0.717) is 5.35 Å². The van der Waals surface area contributed by atoms with Gasteiger partial charge in [0.1, 0.15) is 18.0 Å². The van der Waals surface area contributed by atoms with Gasteiger partial charge in [-0.05, 0) is 36.4 Å². The van der Waals surface area contributed by atoms with Gasteiger partial charge in [-0.3, -0.25) is 4.90 Å². The standard InChI is InChI=1S/C37H23N5/c38-24-26(25-39)34-30-20-10-11-21-31(30)35(41(34)28-16-6-2-7-17-28)36-32-22-12-13-23-33(32)37(40-27-14-4-1-5-15-27)42(36)29-18-8-3-9-19-29/h1-23H/b36-35+,40-37?. The Morgan fingerprint density at radius 3 is 1.71 bits per heavy atom. The summed E-state index contributed by atoms with van der Waals surface area (Å²) >= 11 is 0. The zero-order valence-electron chi connectivity index (χ0n) is 22.5. The third kappa shape index (κ3) is 3.97. The number of aliphatic imine (C=N–C) groups is 1. The van der Waals surface area contributed by atoms with E-state index >= 15 is 0 Å². The van der Waals surface area contributed by atoms with E-state index in [0.717, 1.165) is 55.8 Å². The van der Waals surface area contributed by atoms with E-state index in [4.69, 9.17) is 4.99 Å². The fraction of sp³-hybridized carbons (Fsp3) is 0. The Hall–Kier alpha value is -6.17. The summed E-state index contributed by atoms with van der Waals surface area (Å²) < 4.78 is 2.06. The first-order valence-electron chi connectivity index (χ1n) is 13.6. The molecule has 42 heavy (non-hydrogen) atoms. The van der Waals surface area contributed by atoms with Crippen LogP contribution in [0.4, 0.5) is 11.4 Å². The predicted molar refractivity (Wildman–Crippen MR) is 168 cm³/mol. The summed E-state index contributed by atoms with van der Waals surface area (Å²) in [5.41, 5.74) is 5.64. The van der Waals surface area contributed by atoms with Crippen LogP contribution in [0.25, 0.3) is 27.7 Å². The number of nitriles is 2. The summed E-state index contributed by atoms with van der Waals surface area (Å²) in [6.45, 7) is 0. The molecule has 2 heterocycles. The molecule has 0 spiro atoms. The summed E-state index contributed by atoms with van der Waals surface area (Å²) in [7, 11) is 0. The fourth-order valence-corrected chi connectivity index (χ4v) is 5.72. The Balaban J connectivity index is 1.76.